The topological polar surface area (TPSA) is 44.9 Å². The van der Waals surface area contributed by atoms with Crippen LogP contribution in [0.5, 0.6) is 0 Å². The average Bonchev–Trinajstić information content (AvgIpc) is 4.00. The Hall–Kier alpha value is -4.88. The van der Waals surface area contributed by atoms with Crippen LogP contribution in [0.25, 0.3) is 37.8 Å². The van der Waals surface area contributed by atoms with Gasteiger partial charge in [-0.1, -0.05) is 94.9 Å². The van der Waals surface area contributed by atoms with Gasteiger partial charge in [-0.3, -0.25) is 4.40 Å². The summed E-state index contributed by atoms with van der Waals surface area (Å²) in [6.07, 6.45) is 4.17. The summed E-state index contributed by atoms with van der Waals surface area (Å²) < 4.78 is 3.13. The van der Waals surface area contributed by atoms with Gasteiger partial charge in [-0.25, -0.2) is 9.98 Å². The van der Waals surface area contributed by atoms with E-state index in [9.17, 15) is 0 Å². The second kappa shape index (κ2) is 12.6. The van der Waals surface area contributed by atoms with Gasteiger partial charge in [0.15, 0.2) is 0 Å². The molecule has 3 aliphatic heterocycles. The largest absolute Gasteiger partial charge is 0.354 e. The Bertz CT molecular complexity index is 3000. The molecule has 0 saturated heterocycles. The monoisotopic (exact) mass is 826 g/mol. The van der Waals surface area contributed by atoms with Crippen molar-refractivity contribution in [1.29, 1.82) is 0 Å². The molecule has 10 rings (SSSR count). The number of allylic oxidation sites excluding steroid dienone is 3. The van der Waals surface area contributed by atoms with Crippen molar-refractivity contribution in [2.45, 2.75) is 0 Å². The molecule has 4 nitrogen and oxygen atoms in total. The summed E-state index contributed by atoms with van der Waals surface area (Å²) in [4.78, 5) is 14.7. The van der Waals surface area contributed by atoms with Gasteiger partial charge in [-0.2, -0.15) is 0 Å². The number of nitrogens with zero attached hydrogens (tertiary/aromatic N) is 3. The molecule has 6 bridgehead atoms. The van der Waals surface area contributed by atoms with Gasteiger partial charge in [-0.15, -0.1) is 0 Å². The Kier molecular flexibility index (Phi) is 7.80. The lowest BCUT2D eigenvalue weighted by Gasteiger charge is -2.12. The molecule has 0 fully saturated rings. The van der Waals surface area contributed by atoms with Gasteiger partial charge in [0, 0.05) is 58.6 Å². The van der Waals surface area contributed by atoms with Gasteiger partial charge < -0.3 is 4.98 Å². The molecule has 3 aromatic heterocycles. The number of hydrogen-bond acceptors (Lipinski definition) is 2. The summed E-state index contributed by atoms with van der Waals surface area (Å²) in [5.74, 6) is 0. The van der Waals surface area contributed by atoms with Crippen molar-refractivity contribution in [2.75, 3.05) is 0 Å². The lowest BCUT2D eigenvalue weighted by molar-refractivity contribution is 1.06. The maximum absolute atomic E-state index is 6.44. The number of rotatable bonds is 4. The van der Waals surface area contributed by atoms with E-state index in [2.05, 4.69) is 73.9 Å². The number of nitrogens with one attached hydrogen (secondary N) is 1. The molecule has 0 radical (unpaired) electrons. The lowest BCUT2D eigenvalue weighted by atomic mass is 9.99. The van der Waals surface area contributed by atoms with Crippen LogP contribution in [0.2, 0.25) is 20.1 Å². The number of aromatic nitrogens is 2. The minimum Gasteiger partial charge on any atom is -0.354 e. The number of hydrogen-bond donors (Lipinski definition) is 1. The third-order valence-corrected chi connectivity index (χ3v) is 11.6. The Morgan fingerprint density at radius 3 is 1.58 bits per heavy atom. The third-order valence-electron chi connectivity index (χ3n) is 9.87. The predicted molar refractivity (Wildman–Crippen MR) is 222 cm³/mol. The van der Waals surface area contributed by atoms with Crippen LogP contribution in [-0.2, 0) is 0 Å². The van der Waals surface area contributed by atoms with Gasteiger partial charge in [0.2, 0.25) is 0 Å². The van der Waals surface area contributed by atoms with Gasteiger partial charge in [0.25, 0.3) is 0 Å². The normalized spacial score (nSPS) is 14.8. The molecule has 0 aliphatic carbocycles. The van der Waals surface area contributed by atoms with E-state index >= 15 is 0 Å². The Labute approximate surface area is 332 Å². The fraction of sp³-hybridized carbons (Fsp3) is 0. The fourth-order valence-corrected chi connectivity index (χ4v) is 8.70. The highest BCUT2D eigenvalue weighted by Gasteiger charge is 2.31. The van der Waals surface area contributed by atoms with Gasteiger partial charge >= 0.3 is 0 Å². The van der Waals surface area contributed by atoms with Crippen LogP contribution in [-0.4, -0.2) is 15.1 Å². The number of aromatic amines is 1. The second-order valence-corrected chi connectivity index (χ2v) is 15.5. The number of aliphatic imine (C=N–C) groups is 1. The van der Waals surface area contributed by atoms with Crippen molar-refractivity contribution in [3.8, 4) is 11.1 Å². The molecule has 0 atom stereocenters. The van der Waals surface area contributed by atoms with Crippen LogP contribution < -0.4 is 16.2 Å². The van der Waals surface area contributed by atoms with Crippen LogP contribution in [0.1, 0.15) is 27.9 Å². The number of halogens is 5. The molecular weight excluding hydrogens is 806 g/mol. The first-order valence-corrected chi connectivity index (χ1v) is 19.1. The fourth-order valence-electron chi connectivity index (χ4n) is 7.53. The van der Waals surface area contributed by atoms with E-state index in [0.717, 1.165) is 99.1 Å². The van der Waals surface area contributed by atoms with Gasteiger partial charge in [0.05, 0.1) is 32.8 Å². The molecule has 7 aromatic rings. The maximum atomic E-state index is 6.44. The third kappa shape index (κ3) is 5.33. The first kappa shape index (κ1) is 32.7. The highest BCUT2D eigenvalue weighted by molar-refractivity contribution is 9.15. The average molecular weight is 829 g/mol. The van der Waals surface area contributed by atoms with Crippen LogP contribution in [0.4, 0.5) is 0 Å². The molecule has 254 valence electrons. The molecule has 0 saturated carbocycles. The molecule has 0 amide bonds. The van der Waals surface area contributed by atoms with Crippen LogP contribution in [0.15, 0.2) is 155 Å². The Balaban J connectivity index is 1.40. The van der Waals surface area contributed by atoms with E-state index in [1.165, 1.54) is 0 Å². The Morgan fingerprint density at radius 1 is 0.491 bits per heavy atom. The molecule has 3 aliphatic rings. The summed E-state index contributed by atoms with van der Waals surface area (Å²) in [5.41, 5.74) is 14.0. The zero-order valence-electron chi connectivity index (χ0n) is 27.4. The van der Waals surface area contributed by atoms with E-state index in [-0.39, 0.29) is 0 Å². The summed E-state index contributed by atoms with van der Waals surface area (Å²) in [5, 5.41) is 4.44. The number of H-pyrrole nitrogens is 1. The molecule has 0 unspecified atom stereocenters. The highest BCUT2D eigenvalue weighted by atomic mass is 79.9. The molecule has 1 N–H and O–H groups in total. The van der Waals surface area contributed by atoms with E-state index < -0.39 is 0 Å². The van der Waals surface area contributed by atoms with Gasteiger partial charge in [-0.05, 0) is 123 Å². The quantitative estimate of drug-likeness (QED) is 0.184. The SMILES string of the molecule is Clc1ccc(C2=C3C=CC(=N3)C(c3ccc(Cl)cc3)=c3ccc([nH]3)=C(c3ccc(Cl)cc3)C3=C(Br)c4c(-c5ccc(Cl)cc5)c5ccc2n5c4=N3)cc1. The second-order valence-electron chi connectivity index (χ2n) is 12.9. The number of benzene rings is 4. The van der Waals surface area contributed by atoms with E-state index in [0.29, 0.717) is 20.1 Å². The van der Waals surface area contributed by atoms with Crippen molar-refractivity contribution < 1.29 is 0 Å². The molecule has 53 heavy (non-hydrogen) atoms. The molecule has 4 aromatic carbocycles. The van der Waals surface area contributed by atoms with Crippen molar-refractivity contribution in [3.05, 3.63) is 209 Å². The maximum Gasteiger partial charge on any atom is 0.147 e. The smallest absolute Gasteiger partial charge is 0.147 e. The zero-order valence-corrected chi connectivity index (χ0v) is 32.0. The highest BCUT2D eigenvalue weighted by Crippen LogP contribution is 2.44. The van der Waals surface area contributed by atoms with Crippen LogP contribution >= 0.6 is 62.3 Å². The Morgan fingerprint density at radius 2 is 1.00 bits per heavy atom. The van der Waals surface area contributed by atoms with Crippen molar-refractivity contribution in [2.24, 2.45) is 9.98 Å². The predicted octanol–water partition coefficient (Wildman–Crippen LogP) is 10.8. The van der Waals surface area contributed by atoms with Crippen molar-refractivity contribution in [3.63, 3.8) is 0 Å². The summed E-state index contributed by atoms with van der Waals surface area (Å²) in [6, 6.07) is 40.2. The lowest BCUT2D eigenvalue weighted by Crippen LogP contribution is -2.20. The first-order chi connectivity index (χ1) is 25.8. The van der Waals surface area contributed by atoms with Crippen LogP contribution in [0, 0.1) is 0 Å². The van der Waals surface area contributed by atoms with E-state index in [1.54, 1.807) is 0 Å². The van der Waals surface area contributed by atoms with Gasteiger partial charge in [0.1, 0.15) is 5.49 Å². The van der Waals surface area contributed by atoms with E-state index in [4.69, 9.17) is 56.4 Å². The summed E-state index contributed by atoms with van der Waals surface area (Å²) >= 11 is 29.8. The minimum atomic E-state index is 0.654. The molecular formula is C44H23BrCl4N4. The molecule has 0 spiro atoms. The minimum absolute atomic E-state index is 0.654. The van der Waals surface area contributed by atoms with Crippen molar-refractivity contribution in [1.82, 2.24) is 9.38 Å². The van der Waals surface area contributed by atoms with E-state index in [1.807, 2.05) is 84.9 Å². The van der Waals surface area contributed by atoms with Crippen LogP contribution in [0.3, 0.4) is 0 Å². The summed E-state index contributed by atoms with van der Waals surface area (Å²) in [6.45, 7) is 0. The standard InChI is InChI=1S/C44H23BrCl4N4/c45-42-41-40(26-7-15-30(49)16-8-26)36-22-21-35-38(24-3-11-28(47)12-4-24)33-19-17-31(50-33)37(23-1-9-27(46)10-2-23)32-18-20-34(51-32)39(25-5-13-29(48)14-6-25)43(42)52-44(41)53(35)36/h1-22,51H. The first-order valence-electron chi connectivity index (χ1n) is 16.8. The van der Waals surface area contributed by atoms with Crippen molar-refractivity contribution >= 4 is 94.8 Å². The molecule has 9 heteroatoms. The number of fused-ring (bicyclic) bond motifs is 4. The summed E-state index contributed by atoms with van der Waals surface area (Å²) in [7, 11) is 0. The zero-order chi connectivity index (χ0) is 36.0. The molecule has 6 heterocycles.